The molecule has 42 heavy (non-hydrogen) atoms. The average molecular weight is 567 g/mol. The van der Waals surface area contributed by atoms with Crippen LogP contribution in [0.3, 0.4) is 0 Å². The number of aliphatic imine (C=N–C) groups is 1. The SMILES string of the molecule is CN(C1=Cc2cc3sc4cc5c(cc4c3cc2C12CCCCC2)C1(CCCCC1)C(N=C(C#N)C#N)=C5)C(C#N)C#N. The molecule has 0 aliphatic heterocycles. The monoisotopic (exact) mass is 566 g/mol. The van der Waals surface area contributed by atoms with Gasteiger partial charge in [0.05, 0.1) is 5.70 Å². The first-order chi connectivity index (χ1) is 20.5. The third-order valence-electron chi connectivity index (χ3n) is 10.3. The Hall–Kier alpha value is -4.43. The highest BCUT2D eigenvalue weighted by atomic mass is 32.1. The molecule has 0 amide bonds. The van der Waals surface area contributed by atoms with Gasteiger partial charge < -0.3 is 4.90 Å². The maximum Gasteiger partial charge on any atom is 0.218 e. The Kier molecular flexibility index (Phi) is 6.20. The summed E-state index contributed by atoms with van der Waals surface area (Å²) in [5.74, 6) is 0. The van der Waals surface area contributed by atoms with Crippen molar-refractivity contribution in [2.45, 2.75) is 81.1 Å². The lowest BCUT2D eigenvalue weighted by molar-refractivity contribution is 0.264. The Balaban J connectivity index is 1.41. The smallest absolute Gasteiger partial charge is 0.218 e. The predicted molar refractivity (Wildman–Crippen MR) is 166 cm³/mol. The molecular weight excluding hydrogens is 536 g/mol. The Bertz CT molecular complexity index is 1890. The van der Waals surface area contributed by atoms with Crippen LogP contribution in [0.4, 0.5) is 0 Å². The molecule has 4 aliphatic rings. The van der Waals surface area contributed by atoms with Gasteiger partial charge in [0.2, 0.25) is 11.8 Å². The Morgan fingerprint density at radius 3 is 1.83 bits per heavy atom. The van der Waals surface area contributed by atoms with Crippen molar-refractivity contribution >= 4 is 49.4 Å². The maximum atomic E-state index is 9.69. The van der Waals surface area contributed by atoms with Crippen LogP contribution in [0.5, 0.6) is 0 Å². The lowest BCUT2D eigenvalue weighted by Crippen LogP contribution is -2.40. The van der Waals surface area contributed by atoms with Crippen LogP contribution in [0.15, 0.2) is 40.7 Å². The molecule has 0 unspecified atom stereocenters. The van der Waals surface area contributed by atoms with E-state index in [2.05, 4.69) is 53.5 Å². The second-order valence-electron chi connectivity index (χ2n) is 12.3. The van der Waals surface area contributed by atoms with Crippen molar-refractivity contribution in [3.8, 4) is 24.3 Å². The zero-order valence-electron chi connectivity index (χ0n) is 23.7. The second-order valence-corrected chi connectivity index (χ2v) is 13.4. The van der Waals surface area contributed by atoms with Gasteiger partial charge in [-0.25, -0.2) is 4.99 Å². The van der Waals surface area contributed by atoms with E-state index in [-0.39, 0.29) is 16.5 Å². The van der Waals surface area contributed by atoms with E-state index in [0.717, 1.165) is 68.3 Å². The van der Waals surface area contributed by atoms with Crippen LogP contribution >= 0.6 is 11.3 Å². The van der Waals surface area contributed by atoms with Gasteiger partial charge in [0.1, 0.15) is 24.3 Å². The van der Waals surface area contributed by atoms with Gasteiger partial charge in [-0.1, -0.05) is 38.5 Å². The van der Waals surface area contributed by atoms with Crippen LogP contribution in [-0.2, 0) is 10.8 Å². The summed E-state index contributed by atoms with van der Waals surface area (Å²) in [5, 5.41) is 40.8. The number of fused-ring (bicyclic) bond motifs is 7. The number of nitrogens with zero attached hydrogens (tertiary/aromatic N) is 6. The molecule has 1 heterocycles. The Labute approximate surface area is 250 Å². The zero-order valence-corrected chi connectivity index (χ0v) is 24.5. The highest BCUT2D eigenvalue weighted by Crippen LogP contribution is 2.56. The lowest BCUT2D eigenvalue weighted by Gasteiger charge is -2.41. The molecule has 0 radical (unpaired) electrons. The number of nitriles is 4. The van der Waals surface area contributed by atoms with E-state index in [1.165, 1.54) is 49.7 Å². The lowest BCUT2D eigenvalue weighted by atomic mass is 9.68. The summed E-state index contributed by atoms with van der Waals surface area (Å²) in [6.45, 7) is 0. The van der Waals surface area contributed by atoms with Crippen molar-refractivity contribution in [3.63, 3.8) is 0 Å². The third kappa shape index (κ3) is 3.67. The molecular formula is C35H30N6S. The molecule has 1 aromatic heterocycles. The fourth-order valence-electron chi connectivity index (χ4n) is 8.29. The standard InChI is InChI=1S/C35H30N6S/c1-41(25(20-38)21-39)33-15-23-13-31-27(17-29(23)35(33)10-6-3-7-11-35)26-16-28-22(12-30(26)42-31)14-32(40-24(18-36)19-37)34(28)8-4-2-5-9-34/h12-17,25H,2-11H2,1H3. The number of benzene rings is 2. The van der Waals surface area contributed by atoms with E-state index < -0.39 is 6.04 Å². The summed E-state index contributed by atoms with van der Waals surface area (Å²) in [6.07, 6.45) is 15.2. The number of likely N-dealkylation sites (N-methyl/N-ethyl adjacent to an activating group) is 1. The van der Waals surface area contributed by atoms with Crippen molar-refractivity contribution in [1.29, 1.82) is 21.0 Å². The van der Waals surface area contributed by atoms with Crippen molar-refractivity contribution in [2.24, 2.45) is 4.99 Å². The van der Waals surface area contributed by atoms with Gasteiger partial charge in [-0.2, -0.15) is 21.0 Å². The van der Waals surface area contributed by atoms with E-state index >= 15 is 0 Å². The summed E-state index contributed by atoms with van der Waals surface area (Å²) < 4.78 is 2.47. The van der Waals surface area contributed by atoms with Crippen LogP contribution in [0.1, 0.15) is 86.5 Å². The van der Waals surface area contributed by atoms with Gasteiger partial charge in [-0.05, 0) is 84.4 Å². The highest BCUT2D eigenvalue weighted by molar-refractivity contribution is 7.25. The van der Waals surface area contributed by atoms with Crippen molar-refractivity contribution in [3.05, 3.63) is 57.9 Å². The minimum Gasteiger partial charge on any atom is -0.350 e. The molecule has 0 bridgehead atoms. The first kappa shape index (κ1) is 26.5. The molecule has 2 saturated carbocycles. The zero-order chi connectivity index (χ0) is 29.1. The second kappa shape index (κ2) is 9.84. The quantitative estimate of drug-likeness (QED) is 0.298. The minimum atomic E-state index is -0.812. The number of hydrogen-bond donors (Lipinski definition) is 0. The molecule has 7 rings (SSSR count). The van der Waals surface area contributed by atoms with Gasteiger partial charge in [0.25, 0.3) is 0 Å². The van der Waals surface area contributed by atoms with Gasteiger partial charge in [-0.3, -0.25) is 0 Å². The van der Waals surface area contributed by atoms with Crippen molar-refractivity contribution in [1.82, 2.24) is 4.90 Å². The predicted octanol–water partition coefficient (Wildman–Crippen LogP) is 8.00. The molecule has 0 atom stereocenters. The Morgan fingerprint density at radius 2 is 1.29 bits per heavy atom. The highest BCUT2D eigenvalue weighted by Gasteiger charge is 2.46. The first-order valence-corrected chi connectivity index (χ1v) is 15.7. The summed E-state index contributed by atoms with van der Waals surface area (Å²) in [5.41, 5.74) is 6.43. The van der Waals surface area contributed by atoms with Gasteiger partial charge >= 0.3 is 0 Å². The molecule has 7 heteroatoms. The van der Waals surface area contributed by atoms with Crippen molar-refractivity contribution < 1.29 is 0 Å². The topological polar surface area (TPSA) is 111 Å². The van der Waals surface area contributed by atoms with E-state index in [1.807, 2.05) is 24.1 Å². The van der Waals surface area contributed by atoms with Crippen molar-refractivity contribution in [2.75, 3.05) is 7.05 Å². The molecule has 0 saturated heterocycles. The minimum absolute atomic E-state index is 0.0806. The first-order valence-electron chi connectivity index (χ1n) is 14.9. The summed E-state index contributed by atoms with van der Waals surface area (Å²) >= 11 is 1.80. The molecule has 2 fully saturated rings. The molecule has 0 N–H and O–H groups in total. The molecule has 4 aliphatic carbocycles. The molecule has 6 nitrogen and oxygen atoms in total. The fraction of sp³-hybridized carbons (Fsp3) is 0.400. The van der Waals surface area contributed by atoms with E-state index in [4.69, 9.17) is 0 Å². The van der Waals surface area contributed by atoms with E-state index in [0.29, 0.717) is 0 Å². The number of allylic oxidation sites excluding steroid dienone is 2. The van der Waals surface area contributed by atoms with Gasteiger partial charge in [0.15, 0.2) is 0 Å². The third-order valence-corrected chi connectivity index (χ3v) is 11.4. The van der Waals surface area contributed by atoms with Gasteiger partial charge in [-0.15, -0.1) is 11.3 Å². The number of rotatable bonds is 3. The molecule has 206 valence electrons. The molecule has 2 aromatic carbocycles. The number of thiophene rings is 1. The molecule has 3 aromatic rings. The fourth-order valence-corrected chi connectivity index (χ4v) is 9.46. The van der Waals surface area contributed by atoms with Crippen LogP contribution in [0.25, 0.3) is 32.3 Å². The maximum absolute atomic E-state index is 9.69. The van der Waals surface area contributed by atoms with Gasteiger partial charge in [0, 0.05) is 43.7 Å². The van der Waals surface area contributed by atoms with Crippen LogP contribution < -0.4 is 0 Å². The number of hydrogen-bond acceptors (Lipinski definition) is 7. The largest absolute Gasteiger partial charge is 0.350 e. The Morgan fingerprint density at radius 1 is 0.762 bits per heavy atom. The molecule has 2 spiro atoms. The van der Waals surface area contributed by atoms with E-state index in [9.17, 15) is 21.0 Å². The summed E-state index contributed by atoms with van der Waals surface area (Å²) in [7, 11) is 1.90. The van der Waals surface area contributed by atoms with E-state index in [1.54, 1.807) is 11.3 Å². The van der Waals surface area contributed by atoms with Crippen LogP contribution in [0.2, 0.25) is 0 Å². The van der Waals surface area contributed by atoms with Crippen LogP contribution in [-0.4, -0.2) is 23.7 Å². The normalized spacial score (nSPS) is 19.4. The average Bonchev–Trinajstić information content (AvgIpc) is 3.62. The summed E-state index contributed by atoms with van der Waals surface area (Å²) in [4.78, 5) is 6.50. The van der Waals surface area contributed by atoms with Crippen LogP contribution in [0, 0.1) is 45.3 Å². The summed E-state index contributed by atoms with van der Waals surface area (Å²) in [6, 6.07) is 16.9.